The summed E-state index contributed by atoms with van der Waals surface area (Å²) in [7, 11) is 1.64. The molecule has 1 atom stereocenters. The van der Waals surface area contributed by atoms with Crippen molar-refractivity contribution in [3.8, 4) is 6.07 Å². The SMILES string of the molecule is CC[C@H](C)NC(=O)COC(=O)/C(C#N)=C/c1cc(C)n(CCOC)c1C. The van der Waals surface area contributed by atoms with Gasteiger partial charge in [-0.2, -0.15) is 5.26 Å². The summed E-state index contributed by atoms with van der Waals surface area (Å²) in [6, 6.07) is 3.74. The molecule has 0 saturated carbocycles. The van der Waals surface area contributed by atoms with Crippen molar-refractivity contribution in [2.24, 2.45) is 0 Å². The largest absolute Gasteiger partial charge is 0.451 e. The van der Waals surface area contributed by atoms with Crippen LogP contribution in [0.5, 0.6) is 0 Å². The minimum Gasteiger partial charge on any atom is -0.451 e. The summed E-state index contributed by atoms with van der Waals surface area (Å²) in [5, 5.41) is 12.0. The molecule has 0 aliphatic rings. The molecule has 0 fully saturated rings. The molecule has 1 heterocycles. The van der Waals surface area contributed by atoms with Crippen molar-refractivity contribution in [2.75, 3.05) is 20.3 Å². The van der Waals surface area contributed by atoms with E-state index in [4.69, 9.17) is 9.47 Å². The Morgan fingerprint density at radius 2 is 2.12 bits per heavy atom. The first-order valence-corrected chi connectivity index (χ1v) is 8.57. The van der Waals surface area contributed by atoms with Crippen LogP contribution in [-0.2, 0) is 25.6 Å². The van der Waals surface area contributed by atoms with Crippen molar-refractivity contribution in [2.45, 2.75) is 46.7 Å². The summed E-state index contributed by atoms with van der Waals surface area (Å²) in [5.41, 5.74) is 2.54. The molecular formula is C19H27N3O4. The van der Waals surface area contributed by atoms with Gasteiger partial charge in [-0.15, -0.1) is 0 Å². The van der Waals surface area contributed by atoms with Gasteiger partial charge in [0.2, 0.25) is 0 Å². The van der Waals surface area contributed by atoms with Crippen molar-refractivity contribution in [3.63, 3.8) is 0 Å². The third-order valence-corrected chi connectivity index (χ3v) is 4.13. The van der Waals surface area contributed by atoms with Gasteiger partial charge in [-0.25, -0.2) is 4.79 Å². The van der Waals surface area contributed by atoms with Crippen LogP contribution in [0, 0.1) is 25.2 Å². The monoisotopic (exact) mass is 361 g/mol. The molecule has 0 bridgehead atoms. The topological polar surface area (TPSA) is 93.4 Å². The Balaban J connectivity index is 2.83. The predicted molar refractivity (Wildman–Crippen MR) is 98.2 cm³/mol. The lowest BCUT2D eigenvalue weighted by atomic mass is 10.1. The molecule has 0 unspecified atom stereocenters. The van der Waals surface area contributed by atoms with Crippen molar-refractivity contribution >= 4 is 18.0 Å². The minimum atomic E-state index is -0.812. The fourth-order valence-corrected chi connectivity index (χ4v) is 2.42. The molecule has 26 heavy (non-hydrogen) atoms. The lowest BCUT2D eigenvalue weighted by Gasteiger charge is -2.11. The second kappa shape index (κ2) is 10.4. The highest BCUT2D eigenvalue weighted by Crippen LogP contribution is 2.18. The van der Waals surface area contributed by atoms with Gasteiger partial charge in [0.1, 0.15) is 11.6 Å². The number of aromatic nitrogens is 1. The molecular weight excluding hydrogens is 334 g/mol. The Kier molecular flexibility index (Phi) is 8.59. The van der Waals surface area contributed by atoms with Crippen molar-refractivity contribution in [1.82, 2.24) is 9.88 Å². The summed E-state index contributed by atoms with van der Waals surface area (Å²) in [4.78, 5) is 23.8. The van der Waals surface area contributed by atoms with Crippen LogP contribution in [0.25, 0.3) is 6.08 Å². The number of hydrogen-bond acceptors (Lipinski definition) is 5. The number of rotatable bonds is 9. The highest BCUT2D eigenvalue weighted by atomic mass is 16.5. The number of ether oxygens (including phenoxy) is 2. The van der Waals surface area contributed by atoms with Gasteiger partial charge in [0.25, 0.3) is 5.91 Å². The minimum absolute atomic E-state index is 0.00433. The summed E-state index contributed by atoms with van der Waals surface area (Å²) in [6.07, 6.45) is 2.27. The zero-order chi connectivity index (χ0) is 19.7. The smallest absolute Gasteiger partial charge is 0.349 e. The molecule has 0 aliphatic carbocycles. The summed E-state index contributed by atoms with van der Waals surface area (Å²) < 4.78 is 12.1. The number of methoxy groups -OCH3 is 1. The third kappa shape index (κ3) is 6.05. The van der Waals surface area contributed by atoms with E-state index in [9.17, 15) is 14.9 Å². The molecule has 0 aliphatic heterocycles. The normalized spacial score (nSPS) is 12.4. The lowest BCUT2D eigenvalue weighted by molar-refractivity contribution is -0.144. The molecule has 142 valence electrons. The summed E-state index contributed by atoms with van der Waals surface area (Å²) >= 11 is 0. The Morgan fingerprint density at radius 3 is 2.69 bits per heavy atom. The van der Waals surface area contributed by atoms with E-state index < -0.39 is 12.6 Å². The number of amides is 1. The molecule has 0 aromatic carbocycles. The number of aryl methyl sites for hydroxylation is 1. The maximum atomic E-state index is 12.1. The molecule has 0 saturated heterocycles. The van der Waals surface area contributed by atoms with Gasteiger partial charge in [-0.1, -0.05) is 6.92 Å². The van der Waals surface area contributed by atoms with Crippen LogP contribution in [-0.4, -0.2) is 42.8 Å². The van der Waals surface area contributed by atoms with E-state index >= 15 is 0 Å². The van der Waals surface area contributed by atoms with E-state index in [2.05, 4.69) is 9.88 Å². The number of nitrogens with zero attached hydrogens (tertiary/aromatic N) is 2. The van der Waals surface area contributed by atoms with Gasteiger partial charge < -0.3 is 19.4 Å². The van der Waals surface area contributed by atoms with Gasteiger partial charge in [-0.3, -0.25) is 4.79 Å². The number of carbonyl (C=O) groups is 2. The van der Waals surface area contributed by atoms with Crippen LogP contribution in [0.2, 0.25) is 0 Å². The van der Waals surface area contributed by atoms with Crippen LogP contribution >= 0.6 is 0 Å². The Hall–Kier alpha value is -2.59. The first-order valence-electron chi connectivity index (χ1n) is 8.57. The Morgan fingerprint density at radius 1 is 1.42 bits per heavy atom. The average Bonchev–Trinajstić information content (AvgIpc) is 2.88. The number of nitriles is 1. The van der Waals surface area contributed by atoms with Gasteiger partial charge in [0.15, 0.2) is 6.61 Å². The number of hydrogen-bond donors (Lipinski definition) is 1. The average molecular weight is 361 g/mol. The summed E-state index contributed by atoms with van der Waals surface area (Å²) in [6.45, 7) is 8.51. The maximum absolute atomic E-state index is 12.1. The van der Waals surface area contributed by atoms with Gasteiger partial charge >= 0.3 is 5.97 Å². The van der Waals surface area contributed by atoms with Crippen molar-refractivity contribution in [1.29, 1.82) is 5.26 Å². The predicted octanol–water partition coefficient (Wildman–Crippen LogP) is 2.12. The molecule has 0 spiro atoms. The second-order valence-electron chi connectivity index (χ2n) is 6.09. The van der Waals surface area contributed by atoms with E-state index in [1.54, 1.807) is 7.11 Å². The van der Waals surface area contributed by atoms with E-state index in [0.29, 0.717) is 13.2 Å². The van der Waals surface area contributed by atoms with Gasteiger partial charge in [0, 0.05) is 31.1 Å². The quantitative estimate of drug-likeness (QED) is 0.413. The molecule has 1 amide bonds. The first kappa shape index (κ1) is 21.5. The zero-order valence-electron chi connectivity index (χ0n) is 16.1. The highest BCUT2D eigenvalue weighted by molar-refractivity contribution is 5.99. The molecule has 1 N–H and O–H groups in total. The maximum Gasteiger partial charge on any atom is 0.349 e. The molecule has 1 rings (SSSR count). The van der Waals surface area contributed by atoms with Crippen LogP contribution in [0.4, 0.5) is 0 Å². The van der Waals surface area contributed by atoms with Crippen molar-refractivity contribution in [3.05, 3.63) is 28.6 Å². The third-order valence-electron chi connectivity index (χ3n) is 4.13. The molecule has 7 heteroatoms. The Bertz CT molecular complexity index is 713. The zero-order valence-corrected chi connectivity index (χ0v) is 16.1. The number of carbonyl (C=O) groups excluding carboxylic acids is 2. The van der Waals surface area contributed by atoms with Gasteiger partial charge in [0.05, 0.1) is 6.61 Å². The van der Waals surface area contributed by atoms with E-state index in [0.717, 1.165) is 23.4 Å². The van der Waals surface area contributed by atoms with E-state index in [1.165, 1.54) is 6.08 Å². The van der Waals surface area contributed by atoms with Crippen LogP contribution in [0.1, 0.15) is 37.2 Å². The molecule has 1 aromatic rings. The summed E-state index contributed by atoms with van der Waals surface area (Å²) in [5.74, 6) is -1.20. The molecule has 7 nitrogen and oxygen atoms in total. The highest BCUT2D eigenvalue weighted by Gasteiger charge is 2.16. The molecule has 1 aromatic heterocycles. The standard InChI is InChI=1S/C19H27N3O4/c1-6-13(2)21-18(23)12-26-19(24)17(11-20)10-16-9-14(3)22(15(16)4)7-8-25-5/h9-10,13H,6-8,12H2,1-5H3,(H,21,23)/b17-10+/t13-/m0/s1. The first-order chi connectivity index (χ1) is 12.3. The number of esters is 1. The van der Waals surface area contributed by atoms with Gasteiger partial charge in [-0.05, 0) is 44.9 Å². The van der Waals surface area contributed by atoms with Crippen LogP contribution in [0.3, 0.4) is 0 Å². The van der Waals surface area contributed by atoms with E-state index in [-0.39, 0.29) is 17.5 Å². The number of nitrogens with one attached hydrogen (secondary N) is 1. The second-order valence-corrected chi connectivity index (χ2v) is 6.09. The fraction of sp³-hybridized carbons (Fsp3) is 0.526. The van der Waals surface area contributed by atoms with Crippen molar-refractivity contribution < 1.29 is 19.1 Å². The Labute approximate surface area is 154 Å². The lowest BCUT2D eigenvalue weighted by Crippen LogP contribution is -2.35. The molecule has 0 radical (unpaired) electrons. The fourth-order valence-electron chi connectivity index (χ4n) is 2.42. The van der Waals surface area contributed by atoms with Crippen LogP contribution < -0.4 is 5.32 Å². The van der Waals surface area contributed by atoms with E-state index in [1.807, 2.05) is 39.8 Å². The van der Waals surface area contributed by atoms with Crippen LogP contribution in [0.15, 0.2) is 11.6 Å².